The Balaban J connectivity index is 1.57. The summed E-state index contributed by atoms with van der Waals surface area (Å²) in [5.74, 6) is -0.256. The lowest BCUT2D eigenvalue weighted by atomic mass is 9.89. The molecule has 0 saturated carbocycles. The van der Waals surface area contributed by atoms with Crippen LogP contribution in [0.3, 0.4) is 0 Å². The van der Waals surface area contributed by atoms with E-state index in [-0.39, 0.29) is 5.69 Å². The minimum absolute atomic E-state index is 0.212. The van der Waals surface area contributed by atoms with Gasteiger partial charge in [0.15, 0.2) is 10.3 Å². The first-order valence-corrected chi connectivity index (χ1v) is 11.4. The summed E-state index contributed by atoms with van der Waals surface area (Å²) in [5, 5.41) is 25.9. The number of carboxylic acid groups (broad SMARTS) is 1. The summed E-state index contributed by atoms with van der Waals surface area (Å²) < 4.78 is 6.90. The number of hydrogen-bond acceptors (Lipinski definition) is 6. The third-order valence-electron chi connectivity index (χ3n) is 5.88. The van der Waals surface area contributed by atoms with Crippen molar-refractivity contribution in [2.24, 2.45) is 0 Å². The highest BCUT2D eigenvalue weighted by molar-refractivity contribution is 9.10. The fourth-order valence-corrected chi connectivity index (χ4v) is 4.48. The molecule has 174 valence electrons. The molecule has 1 fully saturated rings. The average molecular weight is 524 g/mol. The molecule has 4 rings (SSSR count). The highest BCUT2D eigenvalue weighted by Gasteiger charge is 2.26. The Labute approximate surface area is 204 Å². The Morgan fingerprint density at radius 3 is 2.35 bits per heavy atom. The molecule has 1 saturated heterocycles. The second-order valence-corrected chi connectivity index (χ2v) is 8.62. The molecule has 9 nitrogen and oxygen atoms in total. The zero-order valence-corrected chi connectivity index (χ0v) is 19.9. The molecule has 34 heavy (non-hydrogen) atoms. The van der Waals surface area contributed by atoms with Crippen molar-refractivity contribution < 1.29 is 19.4 Å². The van der Waals surface area contributed by atoms with E-state index in [1.165, 1.54) is 16.7 Å². The molecule has 0 spiro atoms. The van der Waals surface area contributed by atoms with Crippen LogP contribution in [0, 0.1) is 11.3 Å². The van der Waals surface area contributed by atoms with E-state index in [0.29, 0.717) is 40.5 Å². The number of nitriles is 1. The zero-order chi connectivity index (χ0) is 24.2. The molecular weight excluding hydrogens is 502 g/mol. The van der Waals surface area contributed by atoms with Gasteiger partial charge in [-0.25, -0.2) is 14.3 Å². The number of hydrogen-bond donors (Lipinski definition) is 2. The number of nitrogens with zero attached hydrogens (tertiary/aromatic N) is 4. The van der Waals surface area contributed by atoms with Crippen molar-refractivity contribution in [2.75, 3.05) is 25.5 Å². The molecule has 1 aromatic heterocycles. The van der Waals surface area contributed by atoms with Crippen LogP contribution in [-0.2, 0) is 4.74 Å². The van der Waals surface area contributed by atoms with Gasteiger partial charge in [0.25, 0.3) is 0 Å². The van der Waals surface area contributed by atoms with Crippen molar-refractivity contribution in [1.29, 1.82) is 5.26 Å². The smallest absolute Gasteiger partial charge is 0.407 e. The monoisotopic (exact) mass is 523 g/mol. The van der Waals surface area contributed by atoms with Crippen LogP contribution in [0.25, 0.3) is 5.69 Å². The number of amides is 1. The Hall–Kier alpha value is -3.84. The van der Waals surface area contributed by atoms with E-state index in [1.54, 1.807) is 24.3 Å². The molecule has 0 unspecified atom stereocenters. The van der Waals surface area contributed by atoms with E-state index in [9.17, 15) is 9.59 Å². The van der Waals surface area contributed by atoms with Gasteiger partial charge in [0.2, 0.25) is 0 Å². The molecule has 1 aliphatic heterocycles. The number of anilines is 2. The normalized spacial score (nSPS) is 13.9. The van der Waals surface area contributed by atoms with Gasteiger partial charge in [0, 0.05) is 18.8 Å². The molecule has 10 heteroatoms. The van der Waals surface area contributed by atoms with Crippen LogP contribution in [-0.4, -0.2) is 52.0 Å². The highest BCUT2D eigenvalue weighted by atomic mass is 79.9. The number of methoxy groups -OCH3 is 1. The summed E-state index contributed by atoms with van der Waals surface area (Å²) in [6.07, 6.45) is 0.703. The summed E-state index contributed by atoms with van der Waals surface area (Å²) in [6, 6.07) is 16.7. The maximum absolute atomic E-state index is 12.6. The number of likely N-dealkylation sites (tertiary alicyclic amines) is 1. The quantitative estimate of drug-likeness (QED) is 0.456. The van der Waals surface area contributed by atoms with E-state index in [0.717, 1.165) is 24.1 Å². The third kappa shape index (κ3) is 4.75. The zero-order valence-electron chi connectivity index (χ0n) is 18.4. The maximum Gasteiger partial charge on any atom is 0.407 e. The number of halogens is 1. The van der Waals surface area contributed by atoms with Crippen molar-refractivity contribution in [3.05, 3.63) is 70.0 Å². The van der Waals surface area contributed by atoms with Crippen LogP contribution in [0.1, 0.15) is 40.4 Å². The molecule has 0 aliphatic carbocycles. The van der Waals surface area contributed by atoms with Gasteiger partial charge in [-0.3, -0.25) is 0 Å². The van der Waals surface area contributed by atoms with E-state index in [2.05, 4.69) is 32.4 Å². The Bertz CT molecular complexity index is 1240. The van der Waals surface area contributed by atoms with E-state index >= 15 is 0 Å². The van der Waals surface area contributed by atoms with Gasteiger partial charge in [0.1, 0.15) is 5.69 Å². The molecule has 0 atom stereocenters. The SMILES string of the molecule is COC(=O)c1c(Nc2ccc(C3CCN(C(=O)O)CC3)cc2)c(Br)nn1-c1ccc(C#N)cc1. The van der Waals surface area contributed by atoms with Gasteiger partial charge >= 0.3 is 12.1 Å². The first kappa shape index (κ1) is 23.3. The minimum Gasteiger partial charge on any atom is -0.465 e. The summed E-state index contributed by atoms with van der Waals surface area (Å²) in [7, 11) is 1.31. The van der Waals surface area contributed by atoms with Gasteiger partial charge in [-0.1, -0.05) is 12.1 Å². The van der Waals surface area contributed by atoms with Crippen molar-refractivity contribution in [2.45, 2.75) is 18.8 Å². The fourth-order valence-electron chi connectivity index (χ4n) is 4.04. The van der Waals surface area contributed by atoms with Gasteiger partial charge in [0.05, 0.1) is 24.4 Å². The number of benzene rings is 2. The Kier molecular flexibility index (Phi) is 6.84. The minimum atomic E-state index is -0.869. The van der Waals surface area contributed by atoms with E-state index in [4.69, 9.17) is 15.1 Å². The van der Waals surface area contributed by atoms with E-state index < -0.39 is 12.1 Å². The van der Waals surface area contributed by atoms with Gasteiger partial charge in [-0.15, -0.1) is 0 Å². The number of piperidine rings is 1. The van der Waals surface area contributed by atoms with Crippen LogP contribution in [0.4, 0.5) is 16.2 Å². The van der Waals surface area contributed by atoms with Crippen LogP contribution in [0.2, 0.25) is 0 Å². The molecule has 2 aromatic carbocycles. The van der Waals surface area contributed by atoms with Crippen molar-refractivity contribution in [1.82, 2.24) is 14.7 Å². The second kappa shape index (κ2) is 9.97. The number of ether oxygens (including phenoxy) is 1. The maximum atomic E-state index is 12.6. The third-order valence-corrected chi connectivity index (χ3v) is 6.43. The summed E-state index contributed by atoms with van der Waals surface area (Å²) in [5.41, 5.74) is 3.69. The molecule has 2 N–H and O–H groups in total. The lowest BCUT2D eigenvalue weighted by molar-refractivity contribution is 0.0591. The van der Waals surface area contributed by atoms with Gasteiger partial charge in [-0.05, 0) is 76.7 Å². The van der Waals surface area contributed by atoms with E-state index in [1.807, 2.05) is 24.3 Å². The predicted molar refractivity (Wildman–Crippen MR) is 129 cm³/mol. The highest BCUT2D eigenvalue weighted by Crippen LogP contribution is 2.33. The Morgan fingerprint density at radius 2 is 1.79 bits per heavy atom. The molecule has 1 amide bonds. The Morgan fingerprint density at radius 1 is 1.15 bits per heavy atom. The van der Waals surface area contributed by atoms with Crippen LogP contribution >= 0.6 is 15.9 Å². The lowest BCUT2D eigenvalue weighted by Gasteiger charge is -2.30. The predicted octanol–water partition coefficient (Wildman–Crippen LogP) is 4.89. The summed E-state index contributed by atoms with van der Waals surface area (Å²) in [6.45, 7) is 1.06. The number of carbonyl (C=O) groups is 2. The van der Waals surface area contributed by atoms with Gasteiger partial charge in [-0.2, -0.15) is 10.4 Å². The second-order valence-electron chi connectivity index (χ2n) is 7.87. The molecule has 0 radical (unpaired) electrons. The lowest BCUT2D eigenvalue weighted by Crippen LogP contribution is -2.36. The topological polar surface area (TPSA) is 120 Å². The molecule has 1 aliphatic rings. The molecule has 3 aromatic rings. The van der Waals surface area contributed by atoms with Crippen molar-refractivity contribution in [3.8, 4) is 11.8 Å². The first-order valence-electron chi connectivity index (χ1n) is 10.6. The number of nitrogens with one attached hydrogen (secondary N) is 1. The van der Waals surface area contributed by atoms with Gasteiger partial charge < -0.3 is 20.1 Å². The molecular formula is C24H22BrN5O4. The van der Waals surface area contributed by atoms with Crippen LogP contribution in [0.5, 0.6) is 0 Å². The van der Waals surface area contributed by atoms with Crippen molar-refractivity contribution >= 4 is 39.4 Å². The first-order chi connectivity index (χ1) is 16.4. The van der Waals surface area contributed by atoms with Crippen LogP contribution < -0.4 is 5.32 Å². The number of aromatic nitrogens is 2. The number of rotatable bonds is 5. The van der Waals surface area contributed by atoms with Crippen LogP contribution in [0.15, 0.2) is 53.1 Å². The van der Waals surface area contributed by atoms with Crippen molar-refractivity contribution in [3.63, 3.8) is 0 Å². The summed E-state index contributed by atoms with van der Waals surface area (Å²) in [4.78, 5) is 25.2. The molecule has 0 bridgehead atoms. The number of carbonyl (C=O) groups excluding carboxylic acids is 1. The average Bonchev–Trinajstić information content (AvgIpc) is 3.19. The fraction of sp³-hybridized carbons (Fsp3) is 0.250. The summed E-state index contributed by atoms with van der Waals surface area (Å²) >= 11 is 3.44. The largest absolute Gasteiger partial charge is 0.465 e. The standard InChI is InChI=1S/C24H22BrN5O4/c1-34-23(31)21-20(22(25)28-30(21)19-8-2-15(14-26)3-9-19)27-18-6-4-16(5-7-18)17-10-12-29(13-11-17)24(32)33/h2-9,17,27H,10-13H2,1H3,(H,32,33). The molecule has 2 heterocycles. The number of esters is 1.